The standard InChI is InChI=1S/C14H22N2O/c1-5-10(3)13(15)14(17)16-12-8-9(2)6-7-11(12)4/h6-8,10,13H,5,15H2,1-4H3,(H,16,17)/t10-,13-/m0/s1. The summed E-state index contributed by atoms with van der Waals surface area (Å²) in [5, 5.41) is 2.90. The minimum Gasteiger partial charge on any atom is -0.324 e. The molecule has 0 aliphatic rings. The second kappa shape index (κ2) is 5.82. The molecular weight excluding hydrogens is 212 g/mol. The zero-order valence-electron chi connectivity index (χ0n) is 11.1. The SMILES string of the molecule is CC[C@H](C)[C@H](N)C(=O)Nc1cc(C)ccc1C. The second-order valence-electron chi connectivity index (χ2n) is 4.72. The molecule has 0 fully saturated rings. The molecule has 1 rings (SSSR count). The maximum absolute atomic E-state index is 11.9. The summed E-state index contributed by atoms with van der Waals surface area (Å²) >= 11 is 0. The van der Waals surface area contributed by atoms with Crippen LogP contribution in [0.4, 0.5) is 5.69 Å². The fraction of sp³-hybridized carbons (Fsp3) is 0.500. The zero-order chi connectivity index (χ0) is 13.0. The molecular formula is C14H22N2O. The van der Waals surface area contributed by atoms with E-state index in [0.717, 1.165) is 23.2 Å². The van der Waals surface area contributed by atoms with E-state index in [0.29, 0.717) is 0 Å². The molecule has 0 heterocycles. The van der Waals surface area contributed by atoms with Crippen molar-refractivity contribution in [2.45, 2.75) is 40.2 Å². The summed E-state index contributed by atoms with van der Waals surface area (Å²) in [4.78, 5) is 11.9. The van der Waals surface area contributed by atoms with Gasteiger partial charge in [0.2, 0.25) is 5.91 Å². The average molecular weight is 234 g/mol. The Bertz CT molecular complexity index is 401. The number of aryl methyl sites for hydroxylation is 2. The van der Waals surface area contributed by atoms with Crippen molar-refractivity contribution in [2.75, 3.05) is 5.32 Å². The van der Waals surface area contributed by atoms with Gasteiger partial charge in [-0.3, -0.25) is 4.79 Å². The quantitative estimate of drug-likeness (QED) is 0.841. The smallest absolute Gasteiger partial charge is 0.241 e. The van der Waals surface area contributed by atoms with Crippen LogP contribution in [0.2, 0.25) is 0 Å². The Labute approximate surface area is 103 Å². The number of carbonyl (C=O) groups excluding carboxylic acids is 1. The van der Waals surface area contributed by atoms with Crippen LogP contribution in [-0.2, 0) is 4.79 Å². The van der Waals surface area contributed by atoms with Gasteiger partial charge in [0.15, 0.2) is 0 Å². The maximum Gasteiger partial charge on any atom is 0.241 e. The van der Waals surface area contributed by atoms with Crippen molar-refractivity contribution in [1.29, 1.82) is 0 Å². The van der Waals surface area contributed by atoms with Crippen molar-refractivity contribution in [3.8, 4) is 0 Å². The Morgan fingerprint density at radius 3 is 2.65 bits per heavy atom. The summed E-state index contributed by atoms with van der Waals surface area (Å²) in [6.07, 6.45) is 0.904. The molecule has 0 saturated carbocycles. The minimum absolute atomic E-state index is 0.104. The third kappa shape index (κ3) is 3.56. The van der Waals surface area contributed by atoms with E-state index in [2.05, 4.69) is 5.32 Å². The predicted octanol–water partition coefficient (Wildman–Crippen LogP) is 2.62. The molecule has 94 valence electrons. The van der Waals surface area contributed by atoms with E-state index >= 15 is 0 Å². The molecule has 0 radical (unpaired) electrons. The first kappa shape index (κ1) is 13.7. The average Bonchev–Trinajstić information content (AvgIpc) is 2.31. The molecule has 0 bridgehead atoms. The molecule has 3 N–H and O–H groups in total. The Kier molecular flexibility index (Phi) is 4.70. The highest BCUT2D eigenvalue weighted by atomic mass is 16.2. The summed E-state index contributed by atoms with van der Waals surface area (Å²) in [6.45, 7) is 8.01. The summed E-state index contributed by atoms with van der Waals surface area (Å²) in [7, 11) is 0. The lowest BCUT2D eigenvalue weighted by Crippen LogP contribution is -2.40. The lowest BCUT2D eigenvalue weighted by atomic mass is 9.99. The summed E-state index contributed by atoms with van der Waals surface area (Å²) in [5.41, 5.74) is 8.93. The summed E-state index contributed by atoms with van der Waals surface area (Å²) in [5.74, 6) is 0.0909. The zero-order valence-corrected chi connectivity index (χ0v) is 11.1. The van der Waals surface area contributed by atoms with Crippen LogP contribution in [0.25, 0.3) is 0 Å². The first-order chi connectivity index (χ1) is 7.95. The fourth-order valence-corrected chi connectivity index (χ4v) is 1.60. The first-order valence-corrected chi connectivity index (χ1v) is 6.09. The lowest BCUT2D eigenvalue weighted by Gasteiger charge is -2.18. The third-order valence-corrected chi connectivity index (χ3v) is 3.21. The first-order valence-electron chi connectivity index (χ1n) is 6.09. The van der Waals surface area contributed by atoms with E-state index in [-0.39, 0.29) is 11.8 Å². The maximum atomic E-state index is 11.9. The molecule has 3 heteroatoms. The van der Waals surface area contributed by atoms with Crippen molar-refractivity contribution in [3.05, 3.63) is 29.3 Å². The van der Waals surface area contributed by atoms with Crippen LogP contribution in [0.1, 0.15) is 31.4 Å². The third-order valence-electron chi connectivity index (χ3n) is 3.21. The van der Waals surface area contributed by atoms with E-state index in [1.807, 2.05) is 45.9 Å². The van der Waals surface area contributed by atoms with Crippen LogP contribution in [0.15, 0.2) is 18.2 Å². The molecule has 0 aliphatic carbocycles. The van der Waals surface area contributed by atoms with Crippen LogP contribution in [0.3, 0.4) is 0 Å². The van der Waals surface area contributed by atoms with E-state index in [1.54, 1.807) is 0 Å². The Morgan fingerprint density at radius 2 is 2.06 bits per heavy atom. The number of amides is 1. The Morgan fingerprint density at radius 1 is 1.41 bits per heavy atom. The lowest BCUT2D eigenvalue weighted by molar-refractivity contribution is -0.118. The summed E-state index contributed by atoms with van der Waals surface area (Å²) < 4.78 is 0. The molecule has 1 aromatic rings. The Hall–Kier alpha value is -1.35. The van der Waals surface area contributed by atoms with Crippen molar-refractivity contribution in [3.63, 3.8) is 0 Å². The number of carbonyl (C=O) groups is 1. The Balaban J connectivity index is 2.77. The molecule has 0 aromatic heterocycles. The number of nitrogens with two attached hydrogens (primary N) is 1. The number of hydrogen-bond acceptors (Lipinski definition) is 2. The van der Waals surface area contributed by atoms with Gasteiger partial charge in [-0.25, -0.2) is 0 Å². The number of hydrogen-bond donors (Lipinski definition) is 2. The normalized spacial score (nSPS) is 14.2. The van der Waals surface area contributed by atoms with E-state index in [1.165, 1.54) is 0 Å². The number of nitrogens with one attached hydrogen (secondary N) is 1. The van der Waals surface area contributed by atoms with Crippen LogP contribution in [0, 0.1) is 19.8 Å². The van der Waals surface area contributed by atoms with Gasteiger partial charge in [-0.2, -0.15) is 0 Å². The topological polar surface area (TPSA) is 55.1 Å². The molecule has 3 nitrogen and oxygen atoms in total. The molecule has 1 aromatic carbocycles. The second-order valence-corrected chi connectivity index (χ2v) is 4.72. The van der Waals surface area contributed by atoms with Crippen LogP contribution in [-0.4, -0.2) is 11.9 Å². The molecule has 0 aliphatic heterocycles. The number of anilines is 1. The molecule has 0 unspecified atom stereocenters. The summed E-state index contributed by atoms with van der Waals surface area (Å²) in [6, 6.07) is 5.55. The minimum atomic E-state index is -0.445. The van der Waals surface area contributed by atoms with Crippen molar-refractivity contribution in [2.24, 2.45) is 11.7 Å². The highest BCUT2D eigenvalue weighted by Gasteiger charge is 2.19. The van der Waals surface area contributed by atoms with Crippen molar-refractivity contribution < 1.29 is 4.79 Å². The van der Waals surface area contributed by atoms with E-state index in [9.17, 15) is 4.79 Å². The molecule has 0 saturated heterocycles. The van der Waals surface area contributed by atoms with Gasteiger partial charge in [-0.05, 0) is 37.0 Å². The van der Waals surface area contributed by atoms with Gasteiger partial charge in [-0.15, -0.1) is 0 Å². The fourth-order valence-electron chi connectivity index (χ4n) is 1.60. The van der Waals surface area contributed by atoms with Gasteiger partial charge in [0.1, 0.15) is 0 Å². The van der Waals surface area contributed by atoms with Gasteiger partial charge in [0, 0.05) is 5.69 Å². The molecule has 2 atom stereocenters. The van der Waals surface area contributed by atoms with E-state index in [4.69, 9.17) is 5.73 Å². The predicted molar refractivity (Wildman–Crippen MR) is 72.0 cm³/mol. The highest BCUT2D eigenvalue weighted by molar-refractivity contribution is 5.95. The molecule has 1 amide bonds. The van der Waals surface area contributed by atoms with Gasteiger partial charge < -0.3 is 11.1 Å². The van der Waals surface area contributed by atoms with Crippen LogP contribution < -0.4 is 11.1 Å². The van der Waals surface area contributed by atoms with Gasteiger partial charge >= 0.3 is 0 Å². The molecule has 17 heavy (non-hydrogen) atoms. The van der Waals surface area contributed by atoms with Crippen molar-refractivity contribution in [1.82, 2.24) is 0 Å². The van der Waals surface area contributed by atoms with Crippen LogP contribution in [0.5, 0.6) is 0 Å². The van der Waals surface area contributed by atoms with E-state index < -0.39 is 6.04 Å². The molecule has 0 spiro atoms. The highest BCUT2D eigenvalue weighted by Crippen LogP contribution is 2.17. The van der Waals surface area contributed by atoms with Gasteiger partial charge in [-0.1, -0.05) is 32.4 Å². The largest absolute Gasteiger partial charge is 0.324 e. The monoisotopic (exact) mass is 234 g/mol. The van der Waals surface area contributed by atoms with Crippen molar-refractivity contribution >= 4 is 11.6 Å². The van der Waals surface area contributed by atoms with Gasteiger partial charge in [0.05, 0.1) is 6.04 Å². The van der Waals surface area contributed by atoms with Gasteiger partial charge in [0.25, 0.3) is 0 Å². The number of benzene rings is 1. The number of rotatable bonds is 4. The van der Waals surface area contributed by atoms with Crippen LogP contribution >= 0.6 is 0 Å².